The summed E-state index contributed by atoms with van der Waals surface area (Å²) in [5.74, 6) is 0.220. The molecule has 2 unspecified atom stereocenters. The van der Waals surface area contributed by atoms with Gasteiger partial charge in [-0.3, -0.25) is 4.98 Å². The van der Waals surface area contributed by atoms with Gasteiger partial charge in [-0.05, 0) is 12.8 Å². The van der Waals surface area contributed by atoms with Crippen LogP contribution in [-0.4, -0.2) is 35.6 Å². The van der Waals surface area contributed by atoms with Crippen molar-refractivity contribution in [3.63, 3.8) is 0 Å². The van der Waals surface area contributed by atoms with Gasteiger partial charge in [0.25, 0.3) is 0 Å². The van der Waals surface area contributed by atoms with Crippen molar-refractivity contribution in [3.05, 3.63) is 16.6 Å². The first kappa shape index (κ1) is 12.0. The molecule has 1 aromatic rings. The van der Waals surface area contributed by atoms with Crippen LogP contribution in [-0.2, 0) is 16.3 Å². The lowest BCUT2D eigenvalue weighted by Gasteiger charge is -2.26. The number of nitrogens with zero attached hydrogens (tertiary/aromatic N) is 1. The fraction of sp³-hybridized carbons (Fsp3) is 0.700. The molecular weight excluding hydrogens is 246 g/mol. The van der Waals surface area contributed by atoms with Crippen molar-refractivity contribution in [3.8, 4) is 0 Å². The third-order valence-electron chi connectivity index (χ3n) is 2.95. The Labute approximate surface area is 99.3 Å². The minimum Gasteiger partial charge on any atom is -0.391 e. The van der Waals surface area contributed by atoms with Gasteiger partial charge in [-0.2, -0.15) is 0 Å². The van der Waals surface area contributed by atoms with E-state index in [1.165, 1.54) is 11.3 Å². The molecule has 0 bridgehead atoms. The first-order chi connectivity index (χ1) is 7.59. The van der Waals surface area contributed by atoms with E-state index in [4.69, 9.17) is 0 Å². The number of aromatic nitrogens is 1. The van der Waals surface area contributed by atoms with E-state index in [9.17, 15) is 13.5 Å². The Bertz CT molecular complexity index is 427. The maximum absolute atomic E-state index is 11.8. The van der Waals surface area contributed by atoms with Gasteiger partial charge in [0.05, 0.1) is 22.6 Å². The van der Waals surface area contributed by atoms with E-state index in [0.717, 1.165) is 17.7 Å². The summed E-state index contributed by atoms with van der Waals surface area (Å²) in [5, 5.41) is 9.40. The van der Waals surface area contributed by atoms with Crippen LogP contribution in [0.3, 0.4) is 0 Å². The summed E-state index contributed by atoms with van der Waals surface area (Å²) < 4.78 is 23.6. The van der Waals surface area contributed by atoms with E-state index in [1.54, 1.807) is 11.7 Å². The normalized spacial score (nSPS) is 26.4. The van der Waals surface area contributed by atoms with Crippen LogP contribution in [0.1, 0.15) is 24.1 Å². The highest BCUT2D eigenvalue weighted by molar-refractivity contribution is 7.92. The monoisotopic (exact) mass is 261 g/mol. The van der Waals surface area contributed by atoms with Gasteiger partial charge in [-0.15, -0.1) is 11.3 Å². The Morgan fingerprint density at radius 3 is 3.00 bits per heavy atom. The zero-order valence-electron chi connectivity index (χ0n) is 8.87. The lowest BCUT2D eigenvalue weighted by Crippen LogP contribution is -2.39. The molecule has 0 amide bonds. The molecular formula is C10H15NO3S2. The van der Waals surface area contributed by atoms with E-state index in [2.05, 4.69) is 4.98 Å². The molecule has 2 atom stereocenters. The zero-order chi connectivity index (χ0) is 11.6. The van der Waals surface area contributed by atoms with Crippen molar-refractivity contribution >= 4 is 21.2 Å². The highest BCUT2D eigenvalue weighted by atomic mass is 32.2. The maximum Gasteiger partial charge on any atom is 0.155 e. The lowest BCUT2D eigenvalue weighted by molar-refractivity contribution is 0.163. The van der Waals surface area contributed by atoms with Crippen LogP contribution >= 0.6 is 11.3 Å². The molecule has 0 aromatic carbocycles. The molecule has 16 heavy (non-hydrogen) atoms. The SMILES string of the molecule is O=S1(=O)CCCCC1C(O)Cc1cncs1. The molecule has 1 aromatic heterocycles. The third-order valence-corrected chi connectivity index (χ3v) is 6.08. The smallest absolute Gasteiger partial charge is 0.155 e. The average Bonchev–Trinajstić information content (AvgIpc) is 2.69. The van der Waals surface area contributed by atoms with Crippen LogP contribution in [0.25, 0.3) is 0 Å². The van der Waals surface area contributed by atoms with Crippen molar-refractivity contribution in [2.45, 2.75) is 37.0 Å². The van der Waals surface area contributed by atoms with Crippen LogP contribution in [0.15, 0.2) is 11.7 Å². The molecule has 1 fully saturated rings. The summed E-state index contributed by atoms with van der Waals surface area (Å²) in [6.45, 7) is 0. The largest absolute Gasteiger partial charge is 0.391 e. The second-order valence-corrected chi connectivity index (χ2v) is 7.45. The molecule has 1 saturated heterocycles. The van der Waals surface area contributed by atoms with Crippen LogP contribution in [0, 0.1) is 0 Å². The summed E-state index contributed by atoms with van der Waals surface area (Å²) >= 11 is 1.45. The molecule has 0 spiro atoms. The van der Waals surface area contributed by atoms with Crippen LogP contribution in [0.2, 0.25) is 0 Å². The Hall–Kier alpha value is -0.460. The molecule has 0 saturated carbocycles. The van der Waals surface area contributed by atoms with E-state index >= 15 is 0 Å². The fourth-order valence-electron chi connectivity index (χ4n) is 2.09. The Morgan fingerprint density at radius 1 is 1.56 bits per heavy atom. The summed E-state index contributed by atoms with van der Waals surface area (Å²) in [5.41, 5.74) is 1.69. The molecule has 1 N–H and O–H groups in total. The third kappa shape index (κ3) is 2.61. The van der Waals surface area contributed by atoms with E-state index in [1.807, 2.05) is 0 Å². The number of rotatable bonds is 3. The van der Waals surface area contributed by atoms with Crippen LogP contribution in [0.4, 0.5) is 0 Å². The minimum absolute atomic E-state index is 0.220. The molecule has 2 rings (SSSR count). The Balaban J connectivity index is 2.06. The van der Waals surface area contributed by atoms with Gasteiger partial charge in [0, 0.05) is 17.5 Å². The number of hydrogen-bond donors (Lipinski definition) is 1. The predicted octanol–water partition coefficient (Wildman–Crippen LogP) is 1.01. The summed E-state index contributed by atoms with van der Waals surface area (Å²) in [7, 11) is -3.09. The molecule has 0 radical (unpaired) electrons. The van der Waals surface area contributed by atoms with Crippen molar-refractivity contribution in [1.82, 2.24) is 4.98 Å². The summed E-state index contributed by atoms with van der Waals surface area (Å²) in [4.78, 5) is 4.85. The van der Waals surface area contributed by atoms with Gasteiger partial charge in [0.15, 0.2) is 9.84 Å². The zero-order valence-corrected chi connectivity index (χ0v) is 10.5. The number of aliphatic hydroxyl groups excluding tert-OH is 1. The van der Waals surface area contributed by atoms with Gasteiger partial charge >= 0.3 is 0 Å². The van der Waals surface area contributed by atoms with Crippen molar-refractivity contribution < 1.29 is 13.5 Å². The maximum atomic E-state index is 11.8. The molecule has 2 heterocycles. The second-order valence-electron chi connectivity index (χ2n) is 4.14. The van der Waals surface area contributed by atoms with Crippen molar-refractivity contribution in [2.24, 2.45) is 0 Å². The van der Waals surface area contributed by atoms with Gasteiger partial charge in [0.2, 0.25) is 0 Å². The highest BCUT2D eigenvalue weighted by Gasteiger charge is 2.34. The summed E-state index contributed by atoms with van der Waals surface area (Å²) in [6, 6.07) is 0. The van der Waals surface area contributed by atoms with Gasteiger partial charge in [0.1, 0.15) is 0 Å². The van der Waals surface area contributed by atoms with E-state index < -0.39 is 21.2 Å². The molecule has 90 valence electrons. The number of thiazole rings is 1. The van der Waals surface area contributed by atoms with Gasteiger partial charge < -0.3 is 5.11 Å². The second kappa shape index (κ2) is 4.81. The first-order valence-electron chi connectivity index (χ1n) is 5.36. The van der Waals surface area contributed by atoms with Crippen LogP contribution < -0.4 is 0 Å². The first-order valence-corrected chi connectivity index (χ1v) is 7.96. The fourth-order valence-corrected chi connectivity index (χ4v) is 4.75. The predicted molar refractivity (Wildman–Crippen MR) is 63.3 cm³/mol. The minimum atomic E-state index is -3.09. The number of hydrogen-bond acceptors (Lipinski definition) is 5. The van der Waals surface area contributed by atoms with Crippen LogP contribution in [0.5, 0.6) is 0 Å². The number of aliphatic hydroxyl groups is 1. The van der Waals surface area contributed by atoms with Gasteiger partial charge in [-0.1, -0.05) is 6.42 Å². The lowest BCUT2D eigenvalue weighted by atomic mass is 10.1. The molecule has 0 aliphatic carbocycles. The molecule has 1 aliphatic rings. The highest BCUT2D eigenvalue weighted by Crippen LogP contribution is 2.24. The Morgan fingerprint density at radius 2 is 2.38 bits per heavy atom. The average molecular weight is 261 g/mol. The van der Waals surface area contributed by atoms with Crippen molar-refractivity contribution in [2.75, 3.05) is 5.75 Å². The van der Waals surface area contributed by atoms with E-state index in [-0.39, 0.29) is 5.75 Å². The molecule has 4 nitrogen and oxygen atoms in total. The Kier molecular flexibility index (Phi) is 3.61. The van der Waals surface area contributed by atoms with Gasteiger partial charge in [-0.25, -0.2) is 8.42 Å². The quantitative estimate of drug-likeness (QED) is 0.882. The van der Waals surface area contributed by atoms with E-state index in [0.29, 0.717) is 12.8 Å². The topological polar surface area (TPSA) is 67.3 Å². The standard InChI is InChI=1S/C10H15NO3S2/c12-9(5-8-6-11-7-15-8)10-3-1-2-4-16(10,13)14/h6-7,9-10,12H,1-5H2. The molecule has 6 heteroatoms. The summed E-state index contributed by atoms with van der Waals surface area (Å²) in [6.07, 6.45) is 3.50. The number of sulfone groups is 1. The molecule has 1 aliphatic heterocycles. The van der Waals surface area contributed by atoms with Crippen molar-refractivity contribution in [1.29, 1.82) is 0 Å².